The first-order valence-electron chi connectivity index (χ1n) is 6.58. The summed E-state index contributed by atoms with van der Waals surface area (Å²) in [4.78, 5) is 26.0. The molecule has 0 saturated carbocycles. The predicted molar refractivity (Wildman–Crippen MR) is 72.0 cm³/mol. The highest BCUT2D eigenvalue weighted by Crippen LogP contribution is 2.30. The van der Waals surface area contributed by atoms with Crippen molar-refractivity contribution in [3.63, 3.8) is 0 Å². The maximum Gasteiger partial charge on any atom is 0.226 e. The molecule has 1 aromatic rings. The minimum absolute atomic E-state index is 0.128. The van der Waals surface area contributed by atoms with E-state index in [4.69, 9.17) is 0 Å². The summed E-state index contributed by atoms with van der Waals surface area (Å²) < 4.78 is 0. The number of rotatable bonds is 2. The molecule has 1 amide bonds. The van der Waals surface area contributed by atoms with E-state index in [2.05, 4.69) is 0 Å². The van der Waals surface area contributed by atoms with Gasteiger partial charge in [-0.25, -0.2) is 0 Å². The topological polar surface area (TPSA) is 37.4 Å². The van der Waals surface area contributed by atoms with Crippen molar-refractivity contribution in [1.82, 2.24) is 0 Å². The van der Waals surface area contributed by atoms with Crippen LogP contribution in [-0.4, -0.2) is 18.2 Å². The number of Topliss-reactive ketones (excluding diaryl/α,β-unsaturated/α-hetero) is 1. The number of hydrogen-bond acceptors (Lipinski definition) is 2. The first kappa shape index (κ1) is 12.8. The van der Waals surface area contributed by atoms with E-state index in [-0.39, 0.29) is 11.7 Å². The third-order valence-electron chi connectivity index (χ3n) is 3.36. The summed E-state index contributed by atoms with van der Waals surface area (Å²) in [5.74, 6) is 0.281. The van der Waals surface area contributed by atoms with Gasteiger partial charge in [-0.05, 0) is 31.4 Å². The van der Waals surface area contributed by atoms with Gasteiger partial charge in [0.15, 0.2) is 5.78 Å². The van der Waals surface area contributed by atoms with E-state index in [0.717, 1.165) is 24.1 Å². The van der Waals surface area contributed by atoms with Crippen LogP contribution in [0.1, 0.15) is 48.5 Å². The number of fused-ring (bicyclic) bond motifs is 1. The smallest absolute Gasteiger partial charge is 0.226 e. The van der Waals surface area contributed by atoms with Crippen molar-refractivity contribution in [2.75, 3.05) is 11.4 Å². The minimum atomic E-state index is 0.128. The Balaban J connectivity index is 2.48. The number of amides is 1. The fraction of sp³-hybridized carbons (Fsp3) is 0.467. The van der Waals surface area contributed by atoms with Gasteiger partial charge in [-0.15, -0.1) is 0 Å². The Kier molecular flexibility index (Phi) is 3.80. The summed E-state index contributed by atoms with van der Waals surface area (Å²) in [6.07, 6.45) is 2.67. The summed E-state index contributed by atoms with van der Waals surface area (Å²) in [7, 11) is 0. The number of carbonyl (C=O) groups is 2. The van der Waals surface area contributed by atoms with Gasteiger partial charge < -0.3 is 4.90 Å². The Morgan fingerprint density at radius 1 is 1.39 bits per heavy atom. The van der Waals surface area contributed by atoms with Gasteiger partial charge in [0.05, 0.1) is 5.69 Å². The van der Waals surface area contributed by atoms with Crippen molar-refractivity contribution in [1.29, 1.82) is 0 Å². The van der Waals surface area contributed by atoms with Gasteiger partial charge in [0, 0.05) is 24.9 Å². The zero-order chi connectivity index (χ0) is 13.1. The van der Waals surface area contributed by atoms with Crippen LogP contribution >= 0.6 is 0 Å². The molecule has 1 aliphatic rings. The summed E-state index contributed by atoms with van der Waals surface area (Å²) in [6.45, 7) is 4.62. The van der Waals surface area contributed by atoms with Crippen LogP contribution in [0.5, 0.6) is 0 Å². The van der Waals surface area contributed by atoms with Crippen molar-refractivity contribution < 1.29 is 9.59 Å². The first-order chi connectivity index (χ1) is 8.65. The number of hydrogen-bond donors (Lipinski definition) is 0. The van der Waals surface area contributed by atoms with Gasteiger partial charge in [-0.1, -0.05) is 19.1 Å². The standard InChI is InChI=1S/C15H19NO2/c1-3-6-14(18)16-10-5-9-13(17)12-8-4-7-11(2)15(12)16/h4,7-8H,3,5-6,9-10H2,1-2H3. The molecule has 1 aliphatic heterocycles. The lowest BCUT2D eigenvalue weighted by molar-refractivity contribution is -0.118. The Morgan fingerprint density at radius 3 is 2.89 bits per heavy atom. The summed E-state index contributed by atoms with van der Waals surface area (Å²) in [5, 5.41) is 0. The molecular formula is C15H19NO2. The molecule has 3 heteroatoms. The molecule has 96 valence electrons. The lowest BCUT2D eigenvalue weighted by atomic mass is 10.0. The number of anilines is 1. The molecule has 3 nitrogen and oxygen atoms in total. The van der Waals surface area contributed by atoms with Gasteiger partial charge in [-0.2, -0.15) is 0 Å². The van der Waals surface area contributed by atoms with Crippen molar-refractivity contribution in [2.45, 2.75) is 39.5 Å². The molecule has 0 aliphatic carbocycles. The Labute approximate surface area is 108 Å². The van der Waals surface area contributed by atoms with Crippen molar-refractivity contribution in [2.24, 2.45) is 0 Å². The van der Waals surface area contributed by atoms with E-state index in [1.54, 1.807) is 4.90 Å². The highest BCUT2D eigenvalue weighted by atomic mass is 16.2. The van der Waals surface area contributed by atoms with E-state index in [0.29, 0.717) is 24.9 Å². The van der Waals surface area contributed by atoms with Crippen LogP contribution in [0.2, 0.25) is 0 Å². The second-order valence-corrected chi connectivity index (χ2v) is 4.79. The van der Waals surface area contributed by atoms with Crippen LogP contribution < -0.4 is 4.90 Å². The Bertz CT molecular complexity index is 479. The molecule has 0 N–H and O–H groups in total. The molecule has 1 aromatic carbocycles. The quantitative estimate of drug-likeness (QED) is 0.802. The van der Waals surface area contributed by atoms with Crippen molar-refractivity contribution >= 4 is 17.4 Å². The molecule has 2 rings (SSSR count). The molecule has 0 spiro atoms. The van der Waals surface area contributed by atoms with Crippen LogP contribution in [0.25, 0.3) is 0 Å². The highest BCUT2D eigenvalue weighted by molar-refractivity contribution is 6.07. The normalized spacial score (nSPS) is 15.2. The number of carbonyl (C=O) groups excluding carboxylic acids is 2. The monoisotopic (exact) mass is 245 g/mol. The van der Waals surface area contributed by atoms with Gasteiger partial charge in [0.1, 0.15) is 0 Å². The highest BCUT2D eigenvalue weighted by Gasteiger charge is 2.25. The van der Waals surface area contributed by atoms with Crippen LogP contribution in [0, 0.1) is 6.92 Å². The van der Waals surface area contributed by atoms with E-state index >= 15 is 0 Å². The number of nitrogens with zero attached hydrogens (tertiary/aromatic N) is 1. The summed E-state index contributed by atoms with van der Waals surface area (Å²) in [6, 6.07) is 5.69. The lowest BCUT2D eigenvalue weighted by Crippen LogP contribution is -2.32. The average Bonchev–Trinajstić information content (AvgIpc) is 2.51. The average molecular weight is 245 g/mol. The van der Waals surface area contributed by atoms with E-state index in [1.165, 1.54) is 0 Å². The third-order valence-corrected chi connectivity index (χ3v) is 3.36. The Hall–Kier alpha value is -1.64. The summed E-state index contributed by atoms with van der Waals surface area (Å²) in [5.41, 5.74) is 2.54. The van der Waals surface area contributed by atoms with Crippen molar-refractivity contribution in [3.05, 3.63) is 29.3 Å². The van der Waals surface area contributed by atoms with Gasteiger partial charge in [0.25, 0.3) is 0 Å². The first-order valence-corrected chi connectivity index (χ1v) is 6.58. The maximum atomic E-state index is 12.2. The largest absolute Gasteiger partial charge is 0.311 e. The minimum Gasteiger partial charge on any atom is -0.311 e. The molecule has 18 heavy (non-hydrogen) atoms. The fourth-order valence-electron chi connectivity index (χ4n) is 2.48. The Morgan fingerprint density at radius 2 is 2.17 bits per heavy atom. The molecule has 0 radical (unpaired) electrons. The molecule has 0 aromatic heterocycles. The zero-order valence-corrected chi connectivity index (χ0v) is 11.0. The fourth-order valence-corrected chi connectivity index (χ4v) is 2.48. The second-order valence-electron chi connectivity index (χ2n) is 4.79. The van der Waals surface area contributed by atoms with E-state index < -0.39 is 0 Å². The van der Waals surface area contributed by atoms with Crippen LogP contribution in [0.15, 0.2) is 18.2 Å². The number of aryl methyl sites for hydroxylation is 1. The zero-order valence-electron chi connectivity index (χ0n) is 11.0. The molecule has 0 atom stereocenters. The molecule has 0 saturated heterocycles. The lowest BCUT2D eigenvalue weighted by Gasteiger charge is -2.24. The molecule has 1 heterocycles. The van der Waals surface area contributed by atoms with Crippen LogP contribution in [0.4, 0.5) is 5.69 Å². The van der Waals surface area contributed by atoms with Crippen LogP contribution in [0.3, 0.4) is 0 Å². The van der Waals surface area contributed by atoms with E-state index in [9.17, 15) is 9.59 Å². The molecule has 0 bridgehead atoms. The van der Waals surface area contributed by atoms with Gasteiger partial charge in [-0.3, -0.25) is 9.59 Å². The van der Waals surface area contributed by atoms with Gasteiger partial charge >= 0.3 is 0 Å². The predicted octanol–water partition coefficient (Wildman–Crippen LogP) is 3.10. The maximum absolute atomic E-state index is 12.2. The number of benzene rings is 1. The van der Waals surface area contributed by atoms with E-state index in [1.807, 2.05) is 32.0 Å². The van der Waals surface area contributed by atoms with Gasteiger partial charge in [0.2, 0.25) is 5.91 Å². The molecular weight excluding hydrogens is 226 g/mol. The van der Waals surface area contributed by atoms with Crippen molar-refractivity contribution in [3.8, 4) is 0 Å². The van der Waals surface area contributed by atoms with Crippen LogP contribution in [-0.2, 0) is 4.79 Å². The molecule has 0 unspecified atom stereocenters. The SMILES string of the molecule is CCCC(=O)N1CCCC(=O)c2cccc(C)c21. The summed E-state index contributed by atoms with van der Waals surface area (Å²) >= 11 is 0. The third kappa shape index (κ3) is 2.30. The second kappa shape index (κ2) is 5.34. The number of para-hydroxylation sites is 1. The molecule has 0 fully saturated rings. The number of ketones is 1.